The zero-order chi connectivity index (χ0) is 18.8. The van der Waals surface area contributed by atoms with Crippen molar-refractivity contribution in [1.82, 2.24) is 14.8 Å². The Balaban J connectivity index is 2.04. The molecule has 0 aliphatic heterocycles. The highest BCUT2D eigenvalue weighted by molar-refractivity contribution is 5.69. The minimum absolute atomic E-state index is 0.400. The number of hydrogen-bond acceptors (Lipinski definition) is 2. The lowest BCUT2D eigenvalue weighted by Gasteiger charge is -2.17. The van der Waals surface area contributed by atoms with Gasteiger partial charge in [0.25, 0.3) is 0 Å². The molecule has 3 aromatic carbocycles. The van der Waals surface area contributed by atoms with E-state index in [2.05, 4.69) is 96.2 Å². The molecule has 0 bridgehead atoms. The van der Waals surface area contributed by atoms with Crippen molar-refractivity contribution in [2.45, 2.75) is 26.7 Å². The van der Waals surface area contributed by atoms with E-state index >= 15 is 0 Å². The third kappa shape index (κ3) is 3.17. The third-order valence-corrected chi connectivity index (χ3v) is 4.88. The molecule has 0 N–H and O–H groups in total. The smallest absolute Gasteiger partial charge is 0.169 e. The van der Waals surface area contributed by atoms with Crippen LogP contribution >= 0.6 is 0 Å². The molecule has 4 aromatic rings. The Kier molecular flexibility index (Phi) is 4.59. The van der Waals surface area contributed by atoms with Crippen LogP contribution in [0.4, 0.5) is 0 Å². The topological polar surface area (TPSA) is 30.7 Å². The summed E-state index contributed by atoms with van der Waals surface area (Å²) in [5, 5.41) is 9.21. The van der Waals surface area contributed by atoms with Gasteiger partial charge in [-0.2, -0.15) is 0 Å². The first-order valence-corrected chi connectivity index (χ1v) is 9.33. The van der Waals surface area contributed by atoms with Gasteiger partial charge in [0.1, 0.15) is 0 Å². The molecule has 0 aliphatic carbocycles. The van der Waals surface area contributed by atoms with E-state index in [4.69, 9.17) is 0 Å². The van der Waals surface area contributed by atoms with Crippen molar-refractivity contribution in [2.24, 2.45) is 0 Å². The molecular weight excluding hydrogens is 330 g/mol. The number of nitrogens with zero attached hydrogens (tertiary/aromatic N) is 3. The maximum Gasteiger partial charge on any atom is 0.169 e. The average Bonchev–Trinajstić information content (AvgIpc) is 3.13. The summed E-state index contributed by atoms with van der Waals surface area (Å²) in [7, 11) is 0. The summed E-state index contributed by atoms with van der Waals surface area (Å²) in [6.07, 6.45) is 0. The van der Waals surface area contributed by atoms with Crippen molar-refractivity contribution in [3.8, 4) is 28.5 Å². The van der Waals surface area contributed by atoms with Gasteiger partial charge in [-0.25, -0.2) is 0 Å². The van der Waals surface area contributed by atoms with Crippen molar-refractivity contribution in [3.63, 3.8) is 0 Å². The summed E-state index contributed by atoms with van der Waals surface area (Å²) in [5.41, 5.74) is 5.76. The highest BCUT2D eigenvalue weighted by Crippen LogP contribution is 2.33. The first-order chi connectivity index (χ1) is 13.2. The minimum Gasteiger partial charge on any atom is -0.275 e. The van der Waals surface area contributed by atoms with Crippen LogP contribution in [-0.2, 0) is 0 Å². The van der Waals surface area contributed by atoms with Crippen LogP contribution in [0.1, 0.15) is 30.9 Å². The number of aryl methyl sites for hydroxylation is 1. The Labute approximate surface area is 160 Å². The molecule has 4 rings (SSSR count). The van der Waals surface area contributed by atoms with Crippen LogP contribution in [0.5, 0.6) is 0 Å². The van der Waals surface area contributed by atoms with Gasteiger partial charge in [-0.15, -0.1) is 10.2 Å². The number of aromatic nitrogens is 3. The standard InChI is InChI=1S/C24H23N3/c1-17(2)20-14-9-10-16-22(20)27-23(19-12-5-4-6-13-19)25-26-24(27)21-15-8-7-11-18(21)3/h4-17H,1-3H3. The van der Waals surface area contributed by atoms with Crippen LogP contribution in [0.15, 0.2) is 78.9 Å². The number of rotatable bonds is 4. The summed E-state index contributed by atoms with van der Waals surface area (Å²) < 4.78 is 2.20. The molecule has 3 nitrogen and oxygen atoms in total. The largest absolute Gasteiger partial charge is 0.275 e. The van der Waals surface area contributed by atoms with E-state index in [-0.39, 0.29) is 0 Å². The highest BCUT2D eigenvalue weighted by atomic mass is 15.3. The SMILES string of the molecule is Cc1ccccc1-c1nnc(-c2ccccc2)n1-c1ccccc1C(C)C. The molecular formula is C24H23N3. The number of benzene rings is 3. The molecule has 0 radical (unpaired) electrons. The van der Waals surface area contributed by atoms with Gasteiger partial charge in [-0.3, -0.25) is 4.57 Å². The number of para-hydroxylation sites is 1. The van der Waals surface area contributed by atoms with Crippen molar-refractivity contribution in [2.75, 3.05) is 0 Å². The van der Waals surface area contributed by atoms with Crippen molar-refractivity contribution >= 4 is 0 Å². The second-order valence-corrected chi connectivity index (χ2v) is 7.08. The van der Waals surface area contributed by atoms with Crippen LogP contribution in [0.25, 0.3) is 28.5 Å². The molecule has 134 valence electrons. The zero-order valence-corrected chi connectivity index (χ0v) is 15.9. The number of hydrogen-bond donors (Lipinski definition) is 0. The van der Waals surface area contributed by atoms with Gasteiger partial charge < -0.3 is 0 Å². The molecule has 0 saturated heterocycles. The molecule has 3 heteroatoms. The van der Waals surface area contributed by atoms with E-state index in [1.54, 1.807) is 0 Å². The van der Waals surface area contributed by atoms with E-state index < -0.39 is 0 Å². The summed E-state index contributed by atoms with van der Waals surface area (Å²) in [6, 6.07) is 27.1. The molecule has 1 aromatic heterocycles. The van der Waals surface area contributed by atoms with Gasteiger partial charge in [-0.05, 0) is 30.0 Å². The van der Waals surface area contributed by atoms with Gasteiger partial charge in [0, 0.05) is 11.1 Å². The Morgan fingerprint density at radius 1 is 0.704 bits per heavy atom. The fourth-order valence-electron chi connectivity index (χ4n) is 3.46. The monoisotopic (exact) mass is 353 g/mol. The maximum absolute atomic E-state index is 4.61. The van der Waals surface area contributed by atoms with Crippen LogP contribution in [0, 0.1) is 6.92 Å². The summed E-state index contributed by atoms with van der Waals surface area (Å²) in [6.45, 7) is 6.56. The highest BCUT2D eigenvalue weighted by Gasteiger charge is 2.20. The van der Waals surface area contributed by atoms with E-state index in [0.29, 0.717) is 5.92 Å². The van der Waals surface area contributed by atoms with Crippen LogP contribution in [-0.4, -0.2) is 14.8 Å². The van der Waals surface area contributed by atoms with Gasteiger partial charge in [0.2, 0.25) is 0 Å². The minimum atomic E-state index is 0.400. The molecule has 0 aliphatic rings. The predicted molar refractivity (Wildman–Crippen MR) is 111 cm³/mol. The first kappa shape index (κ1) is 17.2. The first-order valence-electron chi connectivity index (χ1n) is 9.33. The summed E-state index contributed by atoms with van der Waals surface area (Å²) in [4.78, 5) is 0. The Morgan fingerprint density at radius 2 is 1.33 bits per heavy atom. The van der Waals surface area contributed by atoms with Gasteiger partial charge in [-0.1, -0.05) is 86.6 Å². The molecule has 27 heavy (non-hydrogen) atoms. The zero-order valence-electron chi connectivity index (χ0n) is 15.9. The Hall–Kier alpha value is -3.20. The lowest BCUT2D eigenvalue weighted by Crippen LogP contribution is -2.05. The second kappa shape index (κ2) is 7.20. The molecule has 0 atom stereocenters. The van der Waals surface area contributed by atoms with E-state index in [1.165, 1.54) is 11.1 Å². The molecule has 1 heterocycles. The molecule has 0 unspecified atom stereocenters. The van der Waals surface area contributed by atoms with Crippen LogP contribution in [0.3, 0.4) is 0 Å². The molecule has 0 saturated carbocycles. The van der Waals surface area contributed by atoms with Crippen LogP contribution in [0.2, 0.25) is 0 Å². The van der Waals surface area contributed by atoms with Gasteiger partial charge in [0.05, 0.1) is 5.69 Å². The van der Waals surface area contributed by atoms with Gasteiger partial charge >= 0.3 is 0 Å². The normalized spacial score (nSPS) is 11.1. The predicted octanol–water partition coefficient (Wildman–Crippen LogP) is 6.03. The third-order valence-electron chi connectivity index (χ3n) is 4.88. The molecule has 0 spiro atoms. The lowest BCUT2D eigenvalue weighted by molar-refractivity contribution is 0.848. The van der Waals surface area contributed by atoms with Crippen molar-refractivity contribution in [1.29, 1.82) is 0 Å². The summed E-state index contributed by atoms with van der Waals surface area (Å²) >= 11 is 0. The maximum atomic E-state index is 4.61. The Morgan fingerprint density at radius 3 is 2.07 bits per heavy atom. The molecule has 0 amide bonds. The van der Waals surface area contributed by atoms with Crippen molar-refractivity contribution in [3.05, 3.63) is 90.0 Å². The lowest BCUT2D eigenvalue weighted by atomic mass is 10.00. The Bertz CT molecular complexity index is 1060. The average molecular weight is 353 g/mol. The fraction of sp³-hybridized carbons (Fsp3) is 0.167. The van der Waals surface area contributed by atoms with Gasteiger partial charge in [0.15, 0.2) is 11.6 Å². The summed E-state index contributed by atoms with van der Waals surface area (Å²) in [5.74, 6) is 2.14. The molecule has 0 fully saturated rings. The van der Waals surface area contributed by atoms with Crippen LogP contribution < -0.4 is 0 Å². The fourth-order valence-corrected chi connectivity index (χ4v) is 3.46. The van der Waals surface area contributed by atoms with E-state index in [1.807, 2.05) is 18.2 Å². The second-order valence-electron chi connectivity index (χ2n) is 7.08. The van der Waals surface area contributed by atoms with E-state index in [0.717, 1.165) is 28.5 Å². The van der Waals surface area contributed by atoms with Crippen molar-refractivity contribution < 1.29 is 0 Å². The van der Waals surface area contributed by atoms with E-state index in [9.17, 15) is 0 Å². The quantitative estimate of drug-likeness (QED) is 0.448.